The molecule has 0 fully saturated rings. The number of aliphatic hydroxyl groups excluding tert-OH is 1. The van der Waals surface area contributed by atoms with Crippen molar-refractivity contribution in [3.05, 3.63) is 71.3 Å². The maximum Gasteiger partial charge on any atom is 0.305 e. The zero-order chi connectivity index (χ0) is 22.9. The minimum atomic E-state index is -0.900. The Balaban J connectivity index is 1.60. The molecule has 0 radical (unpaired) electrons. The first-order valence-corrected chi connectivity index (χ1v) is 10.7. The Morgan fingerprint density at radius 3 is 2.75 bits per heavy atom. The van der Waals surface area contributed by atoms with Crippen LogP contribution < -0.4 is 0 Å². The summed E-state index contributed by atoms with van der Waals surface area (Å²) in [6.07, 6.45) is 0.323. The molecule has 172 valence electrons. The number of rotatable bonds is 11. The number of esters is 1. The summed E-state index contributed by atoms with van der Waals surface area (Å²) in [7, 11) is 0. The zero-order valence-electron chi connectivity index (χ0n) is 18.0. The molecule has 0 aromatic heterocycles. The third kappa shape index (κ3) is 7.39. The number of nitrogens with zero attached hydrogens (tertiary/aromatic N) is 2. The number of ether oxygens (including phenoxy) is 1. The molecule has 2 aromatic rings. The molecule has 8 heteroatoms. The lowest BCUT2D eigenvalue weighted by molar-refractivity contribution is -0.147. The van der Waals surface area contributed by atoms with E-state index in [1.165, 1.54) is 24.3 Å². The first-order chi connectivity index (χ1) is 15.4. The average Bonchev–Trinajstić information content (AvgIpc) is 3.21. The number of hydrogen-bond acceptors (Lipinski definition) is 6. The summed E-state index contributed by atoms with van der Waals surface area (Å²) >= 11 is 0. The predicted molar refractivity (Wildman–Crippen MR) is 116 cm³/mol. The van der Waals surface area contributed by atoms with Crippen molar-refractivity contribution in [2.75, 3.05) is 19.7 Å². The third-order valence-corrected chi connectivity index (χ3v) is 5.03. The van der Waals surface area contributed by atoms with E-state index in [2.05, 4.69) is 5.16 Å². The Morgan fingerprint density at radius 2 is 2.03 bits per heavy atom. The van der Waals surface area contributed by atoms with Gasteiger partial charge in [-0.05, 0) is 41.8 Å². The van der Waals surface area contributed by atoms with Crippen LogP contribution in [-0.4, -0.2) is 53.6 Å². The number of carbonyl (C=O) groups is 1. The summed E-state index contributed by atoms with van der Waals surface area (Å²) in [4.78, 5) is 19.1. The van der Waals surface area contributed by atoms with E-state index in [0.29, 0.717) is 32.4 Å². The van der Waals surface area contributed by atoms with Gasteiger partial charge >= 0.3 is 5.97 Å². The molecule has 3 rings (SSSR count). The molecule has 0 bridgehead atoms. The largest absolute Gasteiger partial charge is 0.463 e. The fourth-order valence-corrected chi connectivity index (χ4v) is 3.54. The first-order valence-electron chi connectivity index (χ1n) is 10.7. The van der Waals surface area contributed by atoms with Crippen molar-refractivity contribution >= 4 is 11.7 Å². The van der Waals surface area contributed by atoms with Crippen LogP contribution in [0.1, 0.15) is 37.3 Å². The van der Waals surface area contributed by atoms with E-state index in [1.54, 1.807) is 24.3 Å². The Morgan fingerprint density at radius 1 is 1.25 bits per heavy atom. The Labute approximate surface area is 186 Å². The maximum absolute atomic E-state index is 13.6. The predicted octanol–water partition coefficient (Wildman–Crippen LogP) is 3.66. The number of halogens is 2. The molecule has 1 N–H and O–H groups in total. The molecule has 0 amide bonds. The van der Waals surface area contributed by atoms with Crippen LogP contribution >= 0.6 is 0 Å². The van der Waals surface area contributed by atoms with E-state index < -0.39 is 6.10 Å². The summed E-state index contributed by atoms with van der Waals surface area (Å²) in [5, 5.41) is 14.5. The van der Waals surface area contributed by atoms with Crippen LogP contribution in [0.3, 0.4) is 0 Å². The summed E-state index contributed by atoms with van der Waals surface area (Å²) in [6.45, 7) is 2.78. The second kappa shape index (κ2) is 11.7. The molecule has 1 heterocycles. The Hall–Kier alpha value is -2.84. The lowest BCUT2D eigenvalue weighted by Gasteiger charge is -2.27. The molecular weight excluding hydrogens is 418 g/mol. The van der Waals surface area contributed by atoms with E-state index in [-0.39, 0.29) is 36.9 Å². The normalized spacial score (nSPS) is 16.5. The van der Waals surface area contributed by atoms with E-state index in [1.807, 2.05) is 11.8 Å². The summed E-state index contributed by atoms with van der Waals surface area (Å²) in [5.74, 6) is -1.00. The number of aliphatic hydroxyl groups is 1. The minimum absolute atomic E-state index is 0.110. The first kappa shape index (κ1) is 23.8. The molecule has 1 aliphatic rings. The van der Waals surface area contributed by atoms with Gasteiger partial charge in [0.05, 0.1) is 5.71 Å². The van der Waals surface area contributed by atoms with Crippen LogP contribution in [0, 0.1) is 11.6 Å². The second-order valence-corrected chi connectivity index (χ2v) is 7.89. The highest BCUT2D eigenvalue weighted by atomic mass is 19.1. The standard InChI is InChI=1S/C24H28F2N2O4/c1-2-4-24(30)31-16-21(29)14-28(13-17-5-3-6-20(26)11-17)15-22-12-23(27-32-22)18-7-9-19(25)10-8-18/h3,5-11,21-22,29H,2,4,12-16H2,1H3. The van der Waals surface area contributed by atoms with Gasteiger partial charge in [-0.15, -0.1) is 0 Å². The van der Waals surface area contributed by atoms with Crippen LogP contribution in [0.4, 0.5) is 8.78 Å². The number of carbonyl (C=O) groups excluding carboxylic acids is 1. The lowest BCUT2D eigenvalue weighted by Crippen LogP contribution is -2.39. The van der Waals surface area contributed by atoms with Crippen LogP contribution in [-0.2, 0) is 20.9 Å². The third-order valence-electron chi connectivity index (χ3n) is 5.03. The van der Waals surface area contributed by atoms with Crippen molar-refractivity contribution in [2.24, 2.45) is 5.16 Å². The SMILES string of the molecule is CCCC(=O)OCC(O)CN(Cc1cccc(F)c1)CC1CC(c2ccc(F)cc2)=NO1. The molecule has 0 saturated carbocycles. The van der Waals surface area contributed by atoms with E-state index in [9.17, 15) is 18.7 Å². The number of benzene rings is 2. The van der Waals surface area contributed by atoms with Crippen molar-refractivity contribution in [3.8, 4) is 0 Å². The Kier molecular flexibility index (Phi) is 8.70. The highest BCUT2D eigenvalue weighted by Gasteiger charge is 2.26. The Bertz CT molecular complexity index is 920. The molecule has 2 aromatic carbocycles. The van der Waals surface area contributed by atoms with Crippen molar-refractivity contribution < 1.29 is 28.3 Å². The number of hydrogen-bond donors (Lipinski definition) is 1. The quantitative estimate of drug-likeness (QED) is 0.534. The van der Waals surface area contributed by atoms with Crippen LogP contribution in [0.15, 0.2) is 53.7 Å². The van der Waals surface area contributed by atoms with Gasteiger partial charge in [0.15, 0.2) is 0 Å². The van der Waals surface area contributed by atoms with Gasteiger partial charge in [-0.1, -0.05) is 36.3 Å². The van der Waals surface area contributed by atoms with E-state index in [4.69, 9.17) is 9.57 Å². The fraction of sp³-hybridized carbons (Fsp3) is 0.417. The molecule has 1 aliphatic heterocycles. The van der Waals surface area contributed by atoms with E-state index in [0.717, 1.165) is 16.8 Å². The summed E-state index contributed by atoms with van der Waals surface area (Å²) in [5.41, 5.74) is 2.25. The highest BCUT2D eigenvalue weighted by Crippen LogP contribution is 2.19. The highest BCUT2D eigenvalue weighted by molar-refractivity contribution is 6.01. The van der Waals surface area contributed by atoms with Crippen molar-refractivity contribution in [2.45, 2.75) is 44.9 Å². The van der Waals surface area contributed by atoms with Crippen molar-refractivity contribution in [3.63, 3.8) is 0 Å². The van der Waals surface area contributed by atoms with Gasteiger partial charge in [0, 0.05) is 32.5 Å². The van der Waals surface area contributed by atoms with E-state index >= 15 is 0 Å². The zero-order valence-corrected chi connectivity index (χ0v) is 18.0. The van der Waals surface area contributed by atoms with Gasteiger partial charge in [-0.2, -0.15) is 0 Å². The average molecular weight is 446 g/mol. The molecule has 2 unspecified atom stereocenters. The van der Waals surface area contributed by atoms with Crippen molar-refractivity contribution in [1.29, 1.82) is 0 Å². The van der Waals surface area contributed by atoms with Gasteiger partial charge in [-0.25, -0.2) is 8.78 Å². The molecule has 0 aliphatic carbocycles. The van der Waals surface area contributed by atoms with Gasteiger partial charge < -0.3 is 14.7 Å². The number of oxime groups is 1. The fourth-order valence-electron chi connectivity index (χ4n) is 3.54. The van der Waals surface area contributed by atoms with Gasteiger partial charge in [0.25, 0.3) is 0 Å². The monoisotopic (exact) mass is 446 g/mol. The van der Waals surface area contributed by atoms with Crippen LogP contribution in [0.5, 0.6) is 0 Å². The topological polar surface area (TPSA) is 71.4 Å². The molecule has 6 nitrogen and oxygen atoms in total. The lowest BCUT2D eigenvalue weighted by atomic mass is 10.0. The van der Waals surface area contributed by atoms with Gasteiger partial charge in [0.2, 0.25) is 0 Å². The summed E-state index contributed by atoms with van der Waals surface area (Å²) < 4.78 is 31.9. The second-order valence-electron chi connectivity index (χ2n) is 7.89. The van der Waals surface area contributed by atoms with Gasteiger partial charge in [-0.3, -0.25) is 9.69 Å². The molecule has 0 saturated heterocycles. The molecular formula is C24H28F2N2O4. The molecule has 2 atom stereocenters. The molecule has 0 spiro atoms. The van der Waals surface area contributed by atoms with Crippen LogP contribution in [0.2, 0.25) is 0 Å². The van der Waals surface area contributed by atoms with Gasteiger partial charge in [0.1, 0.15) is 30.4 Å². The molecule has 32 heavy (non-hydrogen) atoms. The van der Waals surface area contributed by atoms with Crippen LogP contribution in [0.25, 0.3) is 0 Å². The smallest absolute Gasteiger partial charge is 0.305 e. The maximum atomic E-state index is 13.6. The summed E-state index contributed by atoms with van der Waals surface area (Å²) in [6, 6.07) is 12.3. The minimum Gasteiger partial charge on any atom is -0.463 e. The van der Waals surface area contributed by atoms with Crippen molar-refractivity contribution in [1.82, 2.24) is 4.90 Å².